The largest absolute Gasteiger partial charge is 1.00 e. The molecule has 2 aromatic carbocycles. The number of halogens is 4. The van der Waals surface area contributed by atoms with Gasteiger partial charge in [0.05, 0.1) is 18.6 Å². The average Bonchev–Trinajstić information content (AvgIpc) is 2.67. The molecule has 6 heteroatoms. The van der Waals surface area contributed by atoms with Crippen LogP contribution in [-0.2, 0) is 12.8 Å². The third-order valence-electron chi connectivity index (χ3n) is 4.26. The van der Waals surface area contributed by atoms with Crippen LogP contribution in [0, 0.1) is 6.92 Å². The third-order valence-corrected chi connectivity index (χ3v) is 4.26. The number of aryl methyl sites for hydroxylation is 3. The lowest BCUT2D eigenvalue weighted by atomic mass is 10.0. The molecular weight excluding hydrogens is 367 g/mol. The van der Waals surface area contributed by atoms with Crippen LogP contribution in [0.1, 0.15) is 30.7 Å². The molecule has 0 aliphatic rings. The van der Waals surface area contributed by atoms with Gasteiger partial charge in [-0.05, 0) is 41.7 Å². The van der Waals surface area contributed by atoms with Crippen LogP contribution in [0.5, 0.6) is 0 Å². The van der Waals surface area contributed by atoms with Crippen molar-refractivity contribution in [2.24, 2.45) is 0 Å². The molecule has 0 spiro atoms. The maximum atomic E-state index is 9.67. The van der Waals surface area contributed by atoms with Crippen molar-refractivity contribution in [1.82, 2.24) is 0 Å². The molecule has 0 fully saturated rings. The van der Waals surface area contributed by atoms with E-state index in [1.54, 1.807) is 0 Å². The maximum absolute atomic E-state index is 9.67. The quantitative estimate of drug-likeness (QED) is 0.369. The summed E-state index contributed by atoms with van der Waals surface area (Å²) in [6.07, 6.45) is 2.12. The summed E-state index contributed by atoms with van der Waals surface area (Å²) >= 11 is 0. The number of hydrogen-bond donors (Lipinski definition) is 0. The van der Waals surface area contributed by atoms with E-state index in [1.807, 2.05) is 6.92 Å². The van der Waals surface area contributed by atoms with Crippen molar-refractivity contribution in [2.45, 2.75) is 33.6 Å². The lowest BCUT2D eigenvalue weighted by Crippen LogP contribution is -3.00. The van der Waals surface area contributed by atoms with Crippen molar-refractivity contribution in [3.8, 4) is 22.5 Å². The zero-order valence-corrected chi connectivity index (χ0v) is 16.2. The fourth-order valence-corrected chi connectivity index (χ4v) is 2.78. The normalized spacial score (nSPS) is 9.79. The summed E-state index contributed by atoms with van der Waals surface area (Å²) in [6.45, 7) is 6.36. The monoisotopic (exact) mass is 390 g/mol. The van der Waals surface area contributed by atoms with Crippen molar-refractivity contribution >= 4 is 7.54 Å². The molecule has 1 heterocycles. The molecule has 148 valence electrons. The molecule has 0 radical (unpaired) electrons. The van der Waals surface area contributed by atoms with Crippen molar-refractivity contribution in [3.05, 3.63) is 77.6 Å². The van der Waals surface area contributed by atoms with E-state index in [-0.39, 0.29) is 4.70 Å². The summed E-state index contributed by atoms with van der Waals surface area (Å²) in [5.41, 5.74) is 6.26. The van der Waals surface area contributed by atoms with Crippen molar-refractivity contribution < 1.29 is 22.1 Å². The van der Waals surface area contributed by atoms with E-state index in [2.05, 4.69) is 74.5 Å². The van der Waals surface area contributed by atoms with Gasteiger partial charge < -0.3 is 4.70 Å². The Bertz CT molecular complexity index is 781. The average molecular weight is 390 g/mol. The van der Waals surface area contributed by atoms with Gasteiger partial charge in [0.2, 0.25) is 0 Å². The minimum atomic E-state index is -3.67. The molecule has 0 amide bonds. The predicted octanol–water partition coefficient (Wildman–Crippen LogP) is 4.21. The summed E-state index contributed by atoms with van der Waals surface area (Å²) in [6, 6.07) is 21.6. The second kappa shape index (κ2) is 11.3. The van der Waals surface area contributed by atoms with E-state index in [0.717, 1.165) is 29.9 Å². The third kappa shape index (κ3) is 6.84. The molecule has 0 saturated carbocycles. The van der Waals surface area contributed by atoms with Gasteiger partial charge in [-0.3, -0.25) is 12.9 Å². The lowest BCUT2D eigenvalue weighted by molar-refractivity contribution is -0.00000899. The van der Waals surface area contributed by atoms with Crippen LogP contribution in [0.15, 0.2) is 65.1 Å². The summed E-state index contributed by atoms with van der Waals surface area (Å²) in [4.78, 5) is 0. The number of hydrogen-bond acceptors (Lipinski definition) is 0. The molecule has 1 aromatic heterocycles. The first kappa shape index (κ1) is 23.4. The van der Waals surface area contributed by atoms with E-state index in [4.69, 9.17) is 4.42 Å². The molecule has 3 rings (SSSR count). The van der Waals surface area contributed by atoms with Crippen molar-refractivity contribution in [2.75, 3.05) is 0 Å². The van der Waals surface area contributed by atoms with Gasteiger partial charge in [-0.1, -0.05) is 50.2 Å². The van der Waals surface area contributed by atoms with Gasteiger partial charge in [0.1, 0.15) is 0 Å². The summed E-state index contributed by atoms with van der Waals surface area (Å²) in [5.74, 6) is 1.85. The Morgan fingerprint density at radius 1 is 0.714 bits per heavy atom. The Balaban J connectivity index is 0.000000717. The molecular formula is C22H23BF4O. The zero-order chi connectivity index (χ0) is 19.8. The molecule has 1 nitrogen and oxygen atoms in total. The van der Waals surface area contributed by atoms with E-state index in [9.17, 15) is 12.9 Å². The Hall–Kier alpha value is -2.63. The van der Waals surface area contributed by atoms with Crippen LogP contribution in [0.2, 0.25) is 0 Å². The minimum absolute atomic E-state index is 0. The molecule has 0 saturated heterocycles. The highest BCUT2D eigenvalue weighted by atomic mass is 19.4. The van der Waals surface area contributed by atoms with Crippen LogP contribution in [-0.4, -0.2) is 7.54 Å². The molecule has 0 unspecified atom stereocenters. The van der Waals surface area contributed by atoms with Crippen molar-refractivity contribution in [1.29, 1.82) is 0 Å². The van der Waals surface area contributed by atoms with Gasteiger partial charge in [0.15, 0.2) is 0 Å². The summed E-state index contributed by atoms with van der Waals surface area (Å²) < 4.78 is 34.9. The Morgan fingerprint density at radius 2 is 1.14 bits per heavy atom. The Morgan fingerprint density at radius 3 is 1.57 bits per heavy atom. The highest BCUT2D eigenvalue weighted by Crippen LogP contribution is 2.28. The van der Waals surface area contributed by atoms with Crippen LogP contribution in [0.3, 0.4) is 0 Å². The number of benzene rings is 2. The van der Waals surface area contributed by atoms with Gasteiger partial charge in [0, 0.05) is 11.6 Å². The van der Waals surface area contributed by atoms with Gasteiger partial charge in [-0.25, -0.2) is 4.42 Å². The van der Waals surface area contributed by atoms with E-state index < -0.39 is 7.54 Å². The molecule has 0 atom stereocenters. The smallest absolute Gasteiger partial charge is 0.762 e. The molecule has 0 N–H and O–H groups in total. The molecule has 28 heavy (non-hydrogen) atoms. The fraction of sp³-hybridized carbons (Fsp3) is 0.227. The predicted molar refractivity (Wildman–Crippen MR) is 107 cm³/mol. The first-order valence-electron chi connectivity index (χ1n) is 8.98. The first-order valence-corrected chi connectivity index (χ1v) is 8.98. The van der Waals surface area contributed by atoms with Gasteiger partial charge in [0.25, 0.3) is 0 Å². The fourth-order valence-electron chi connectivity index (χ4n) is 2.78. The lowest BCUT2D eigenvalue weighted by Gasteiger charge is -2.03. The topological polar surface area (TPSA) is 11.3 Å². The van der Waals surface area contributed by atoms with Crippen LogP contribution >= 0.6 is 0 Å². The van der Waals surface area contributed by atoms with E-state index >= 15 is 0 Å². The SMILES string of the molecule is CCc1ccc(-c2cc(C)[o+]c(-c3ccc(CC)cc3)c2)cc1.FB(F)F.[F-]. The Labute approximate surface area is 163 Å². The van der Waals surface area contributed by atoms with E-state index in [1.165, 1.54) is 22.3 Å². The second-order valence-electron chi connectivity index (χ2n) is 6.17. The molecule has 0 bridgehead atoms. The van der Waals surface area contributed by atoms with Crippen LogP contribution in [0.4, 0.5) is 12.9 Å². The summed E-state index contributed by atoms with van der Waals surface area (Å²) in [7, 11) is -3.67. The van der Waals surface area contributed by atoms with Crippen molar-refractivity contribution in [3.63, 3.8) is 0 Å². The first-order chi connectivity index (χ1) is 12.9. The standard InChI is InChI=1S/C22H23O.BF3.FH/c1-4-17-6-10-19(11-7-17)21-14-16(3)23-22(15-21)20-12-8-18(5-2)9-13-20;2-1(3)4;/h6-15H,4-5H2,1-3H3;;1H/q+1;;/p-1. The van der Waals surface area contributed by atoms with Gasteiger partial charge in [-0.2, -0.15) is 0 Å². The Kier molecular flexibility index (Phi) is 9.43. The molecule has 0 aliphatic carbocycles. The minimum Gasteiger partial charge on any atom is -1.00 e. The van der Waals surface area contributed by atoms with Gasteiger partial charge in [-0.15, -0.1) is 0 Å². The molecule has 0 aliphatic heterocycles. The maximum Gasteiger partial charge on any atom is 0.762 e. The molecule has 3 aromatic rings. The number of rotatable bonds is 4. The van der Waals surface area contributed by atoms with Crippen LogP contribution in [0.25, 0.3) is 22.5 Å². The summed E-state index contributed by atoms with van der Waals surface area (Å²) in [5, 5.41) is 0. The zero-order valence-electron chi connectivity index (χ0n) is 16.2. The highest BCUT2D eigenvalue weighted by molar-refractivity contribution is 6.33. The van der Waals surface area contributed by atoms with Crippen LogP contribution < -0.4 is 4.70 Å². The van der Waals surface area contributed by atoms with E-state index in [0.29, 0.717) is 0 Å². The van der Waals surface area contributed by atoms with Gasteiger partial charge >= 0.3 is 19.1 Å². The second-order valence-corrected chi connectivity index (χ2v) is 6.17. The highest BCUT2D eigenvalue weighted by Gasteiger charge is 2.16.